The zero-order valence-corrected chi connectivity index (χ0v) is 15.0. The second kappa shape index (κ2) is 6.93. The zero-order valence-electron chi connectivity index (χ0n) is 14.1. The lowest BCUT2D eigenvalue weighted by molar-refractivity contribution is 0.0972. The van der Waals surface area contributed by atoms with Gasteiger partial charge < -0.3 is 15.9 Å². The van der Waals surface area contributed by atoms with Gasteiger partial charge in [-0.1, -0.05) is 6.07 Å². The molecule has 4 N–H and O–H groups in total. The summed E-state index contributed by atoms with van der Waals surface area (Å²) in [5.74, 6) is -0.746. The minimum atomic E-state index is -0.560. The summed E-state index contributed by atoms with van der Waals surface area (Å²) in [6.07, 6.45) is 3.32. The van der Waals surface area contributed by atoms with E-state index >= 15 is 0 Å². The summed E-state index contributed by atoms with van der Waals surface area (Å²) >= 11 is 1.35. The van der Waals surface area contributed by atoms with Gasteiger partial charge in [0.1, 0.15) is 4.83 Å². The minimum Gasteiger partial charge on any atom is -0.432 e. The molecule has 0 saturated heterocycles. The highest BCUT2D eigenvalue weighted by atomic mass is 32.1. The third-order valence-corrected chi connectivity index (χ3v) is 5.11. The molecular weight excluding hydrogens is 352 g/mol. The highest BCUT2D eigenvalue weighted by Gasteiger charge is 2.14. The molecule has 4 aromatic rings. The Morgan fingerprint density at radius 2 is 1.62 bits per heavy atom. The number of primary amides is 2. The molecule has 0 bridgehead atoms. The molecular formula is C18H16N4O3S. The maximum absolute atomic E-state index is 11.0. The molecule has 0 aliphatic rings. The highest BCUT2D eigenvalue weighted by molar-refractivity contribution is 7.20. The number of rotatable bonds is 2. The second-order valence-corrected chi connectivity index (χ2v) is 6.55. The maximum Gasteiger partial charge on any atom is 0.284 e. The molecule has 4 rings (SSSR count). The van der Waals surface area contributed by atoms with E-state index in [1.165, 1.54) is 11.3 Å². The van der Waals surface area contributed by atoms with E-state index in [4.69, 9.17) is 15.9 Å². The Morgan fingerprint density at radius 3 is 2.19 bits per heavy atom. The van der Waals surface area contributed by atoms with Crippen molar-refractivity contribution in [1.82, 2.24) is 9.97 Å². The van der Waals surface area contributed by atoms with E-state index in [1.54, 1.807) is 25.4 Å². The number of hydrogen-bond acceptors (Lipinski definition) is 6. The van der Waals surface area contributed by atoms with Crippen molar-refractivity contribution in [2.45, 2.75) is 13.8 Å². The van der Waals surface area contributed by atoms with Gasteiger partial charge in [-0.2, -0.15) is 0 Å². The van der Waals surface area contributed by atoms with Crippen LogP contribution in [0.2, 0.25) is 0 Å². The molecule has 0 spiro atoms. The van der Waals surface area contributed by atoms with E-state index in [0.29, 0.717) is 10.6 Å². The van der Waals surface area contributed by atoms with Gasteiger partial charge in [0.2, 0.25) is 5.71 Å². The van der Waals surface area contributed by atoms with E-state index in [9.17, 15) is 9.59 Å². The fourth-order valence-electron chi connectivity index (χ4n) is 2.58. The lowest BCUT2D eigenvalue weighted by atomic mass is 10.2. The summed E-state index contributed by atoms with van der Waals surface area (Å²) in [5.41, 5.74) is 12.5. The maximum atomic E-state index is 11.0. The van der Waals surface area contributed by atoms with Crippen LogP contribution in [-0.2, 0) is 0 Å². The van der Waals surface area contributed by atoms with Gasteiger partial charge in [-0.25, -0.2) is 9.97 Å². The fraction of sp³-hybridized carbons (Fsp3) is 0.111. The van der Waals surface area contributed by atoms with Crippen molar-refractivity contribution in [3.8, 4) is 0 Å². The molecule has 0 fully saturated rings. The molecule has 0 unspecified atom stereocenters. The average Bonchev–Trinajstić information content (AvgIpc) is 3.14. The molecule has 7 nitrogen and oxygen atoms in total. The Morgan fingerprint density at radius 1 is 0.962 bits per heavy atom. The van der Waals surface area contributed by atoms with Crippen LogP contribution in [0.3, 0.4) is 0 Å². The standard InChI is InChI=1S/C9H8N2O2.C9H8N2OS/c2*1-5-6-3-2-4-11-9(6)13-7(5)8(10)12/h2*2-4H,1H3,(H2,10,12). The number of hydrogen-bond donors (Lipinski definition) is 2. The summed E-state index contributed by atoms with van der Waals surface area (Å²) in [7, 11) is 0. The van der Waals surface area contributed by atoms with Crippen LogP contribution in [-0.4, -0.2) is 21.8 Å². The lowest BCUT2D eigenvalue weighted by Gasteiger charge is -1.90. The third kappa shape index (κ3) is 3.14. The SMILES string of the molecule is Cc1c(C(N)=O)oc2ncccc12.Cc1c(C(N)=O)sc2ncccc12. The normalized spacial score (nSPS) is 10.5. The Labute approximate surface area is 152 Å². The van der Waals surface area contributed by atoms with Gasteiger partial charge in [0.15, 0.2) is 5.76 Å². The molecule has 132 valence electrons. The number of carbonyl (C=O) groups excluding carboxylic acids is 2. The molecule has 4 aromatic heterocycles. The number of nitrogens with two attached hydrogens (primary N) is 2. The van der Waals surface area contributed by atoms with Crippen molar-refractivity contribution in [3.05, 3.63) is 58.4 Å². The van der Waals surface area contributed by atoms with Gasteiger partial charge >= 0.3 is 0 Å². The average molecular weight is 368 g/mol. The van der Waals surface area contributed by atoms with E-state index in [0.717, 1.165) is 26.7 Å². The summed E-state index contributed by atoms with van der Waals surface area (Å²) < 4.78 is 5.17. The van der Waals surface area contributed by atoms with Gasteiger partial charge in [0, 0.05) is 28.7 Å². The van der Waals surface area contributed by atoms with Gasteiger partial charge in [0.25, 0.3) is 11.8 Å². The number of carbonyl (C=O) groups is 2. The summed E-state index contributed by atoms with van der Waals surface area (Å²) in [5, 5.41) is 1.85. The highest BCUT2D eigenvalue weighted by Crippen LogP contribution is 2.28. The monoisotopic (exact) mass is 368 g/mol. The predicted octanol–water partition coefficient (Wildman–Crippen LogP) is 2.94. The number of fused-ring (bicyclic) bond motifs is 2. The van der Waals surface area contributed by atoms with E-state index in [-0.39, 0.29) is 11.7 Å². The summed E-state index contributed by atoms with van der Waals surface area (Å²) in [6, 6.07) is 7.43. The molecule has 0 aromatic carbocycles. The van der Waals surface area contributed by atoms with Crippen molar-refractivity contribution in [2.75, 3.05) is 0 Å². The molecule has 0 aliphatic carbocycles. The molecule has 26 heavy (non-hydrogen) atoms. The number of pyridine rings is 2. The van der Waals surface area contributed by atoms with Crippen molar-refractivity contribution in [2.24, 2.45) is 11.5 Å². The Kier molecular flexibility index (Phi) is 4.68. The fourth-order valence-corrected chi connectivity index (χ4v) is 3.58. The number of amides is 2. The van der Waals surface area contributed by atoms with Crippen molar-refractivity contribution in [3.63, 3.8) is 0 Å². The first-order chi connectivity index (χ1) is 12.4. The first-order valence-electron chi connectivity index (χ1n) is 7.68. The third-order valence-electron chi connectivity index (χ3n) is 3.88. The number of thiophene rings is 1. The van der Waals surface area contributed by atoms with Crippen LogP contribution in [0.4, 0.5) is 0 Å². The molecule has 0 radical (unpaired) electrons. The van der Waals surface area contributed by atoms with Crippen molar-refractivity contribution < 1.29 is 14.0 Å². The minimum absolute atomic E-state index is 0.189. The lowest BCUT2D eigenvalue weighted by Crippen LogP contribution is -2.10. The quantitative estimate of drug-likeness (QED) is 0.563. The van der Waals surface area contributed by atoms with Gasteiger partial charge in [0.05, 0.1) is 4.88 Å². The molecule has 4 heterocycles. The van der Waals surface area contributed by atoms with Crippen LogP contribution in [0.1, 0.15) is 31.4 Å². The number of nitrogens with zero attached hydrogens (tertiary/aromatic N) is 2. The van der Waals surface area contributed by atoms with Crippen LogP contribution >= 0.6 is 11.3 Å². The zero-order chi connectivity index (χ0) is 18.8. The smallest absolute Gasteiger partial charge is 0.284 e. The molecule has 0 aliphatic heterocycles. The first kappa shape index (κ1) is 17.6. The predicted molar refractivity (Wildman–Crippen MR) is 100 cm³/mol. The van der Waals surface area contributed by atoms with Gasteiger partial charge in [-0.15, -0.1) is 11.3 Å². The number of furan rings is 1. The van der Waals surface area contributed by atoms with Crippen molar-refractivity contribution >= 4 is 44.5 Å². The van der Waals surface area contributed by atoms with E-state index in [1.807, 2.05) is 25.1 Å². The number of aromatic nitrogens is 2. The molecule has 8 heteroatoms. The topological polar surface area (TPSA) is 125 Å². The Hall–Kier alpha value is -3.26. The Balaban J connectivity index is 0.000000151. The van der Waals surface area contributed by atoms with Crippen molar-refractivity contribution in [1.29, 1.82) is 0 Å². The second-order valence-electron chi connectivity index (χ2n) is 5.55. The van der Waals surface area contributed by atoms with Crippen LogP contribution in [0.5, 0.6) is 0 Å². The van der Waals surface area contributed by atoms with Gasteiger partial charge in [-0.05, 0) is 37.6 Å². The number of aryl methyl sites for hydroxylation is 2. The van der Waals surface area contributed by atoms with Crippen LogP contribution in [0, 0.1) is 13.8 Å². The first-order valence-corrected chi connectivity index (χ1v) is 8.49. The van der Waals surface area contributed by atoms with Crippen LogP contribution in [0.15, 0.2) is 41.1 Å². The largest absolute Gasteiger partial charge is 0.432 e. The Bertz CT molecular complexity index is 1040. The molecule has 0 saturated carbocycles. The van der Waals surface area contributed by atoms with Crippen LogP contribution < -0.4 is 11.5 Å². The summed E-state index contributed by atoms with van der Waals surface area (Å²) in [6.45, 7) is 3.67. The van der Waals surface area contributed by atoms with E-state index < -0.39 is 5.91 Å². The van der Waals surface area contributed by atoms with Gasteiger partial charge in [-0.3, -0.25) is 9.59 Å². The molecule has 2 amide bonds. The van der Waals surface area contributed by atoms with E-state index in [2.05, 4.69) is 9.97 Å². The molecule has 0 atom stereocenters. The summed E-state index contributed by atoms with van der Waals surface area (Å²) in [4.78, 5) is 31.5. The van der Waals surface area contributed by atoms with Crippen LogP contribution in [0.25, 0.3) is 21.3 Å².